The third kappa shape index (κ3) is 3.39. The topological polar surface area (TPSA) is 39.1 Å². The van der Waals surface area contributed by atoms with Crippen LogP contribution in [-0.4, -0.2) is 10.4 Å². The van der Waals surface area contributed by atoms with Gasteiger partial charge < -0.3 is 4.57 Å². The molecule has 0 aliphatic heterocycles. The first-order chi connectivity index (χ1) is 13.5. The van der Waals surface area contributed by atoms with E-state index in [4.69, 9.17) is 0 Å². The number of aryl methyl sites for hydroxylation is 2. The van der Waals surface area contributed by atoms with Crippen molar-refractivity contribution in [2.24, 2.45) is 0 Å². The Balaban J connectivity index is 1.87. The number of carbonyl (C=O) groups is 1. The van der Waals surface area contributed by atoms with Gasteiger partial charge in [-0.1, -0.05) is 71.8 Å². The van der Waals surface area contributed by atoms with Gasteiger partial charge in [0.1, 0.15) is 0 Å². The number of para-hydroxylation sites is 1. The highest BCUT2D eigenvalue weighted by molar-refractivity contribution is 6.10. The van der Waals surface area contributed by atoms with Gasteiger partial charge in [-0.05, 0) is 31.5 Å². The molecule has 0 amide bonds. The number of aromatic nitrogens is 1. The number of hydrogen-bond donors (Lipinski definition) is 0. The first-order valence-electron chi connectivity index (χ1n) is 9.32. The fourth-order valence-corrected chi connectivity index (χ4v) is 3.51. The average molecular weight is 367 g/mol. The van der Waals surface area contributed by atoms with Crippen LogP contribution in [0.5, 0.6) is 0 Å². The number of ketones is 1. The monoisotopic (exact) mass is 367 g/mol. The van der Waals surface area contributed by atoms with Crippen molar-refractivity contribution in [2.75, 3.05) is 0 Å². The molecule has 4 aromatic rings. The van der Waals surface area contributed by atoms with Gasteiger partial charge in [-0.3, -0.25) is 9.59 Å². The number of fused-ring (bicyclic) bond motifs is 1. The van der Waals surface area contributed by atoms with Crippen molar-refractivity contribution in [2.45, 2.75) is 20.4 Å². The molecule has 0 saturated carbocycles. The highest BCUT2D eigenvalue weighted by atomic mass is 16.1. The lowest BCUT2D eigenvalue weighted by atomic mass is 10.0. The highest BCUT2D eigenvalue weighted by Crippen LogP contribution is 2.17. The van der Waals surface area contributed by atoms with Crippen LogP contribution in [-0.2, 0) is 6.54 Å². The van der Waals surface area contributed by atoms with Crippen LogP contribution < -0.4 is 5.43 Å². The molecule has 0 aliphatic rings. The molecular formula is C25H21NO2. The molecule has 4 rings (SSSR count). The molecule has 0 radical (unpaired) electrons. The minimum atomic E-state index is -0.242. The summed E-state index contributed by atoms with van der Waals surface area (Å²) >= 11 is 0. The molecule has 0 bridgehead atoms. The van der Waals surface area contributed by atoms with Gasteiger partial charge in [0.2, 0.25) is 5.43 Å². The second-order valence-electron chi connectivity index (χ2n) is 7.20. The Morgan fingerprint density at radius 2 is 1.61 bits per heavy atom. The van der Waals surface area contributed by atoms with E-state index in [0.717, 1.165) is 16.6 Å². The number of hydrogen-bond acceptors (Lipinski definition) is 2. The Morgan fingerprint density at radius 3 is 2.36 bits per heavy atom. The molecule has 1 heterocycles. The number of carbonyl (C=O) groups excluding carboxylic acids is 1. The first-order valence-corrected chi connectivity index (χ1v) is 9.32. The van der Waals surface area contributed by atoms with Gasteiger partial charge in [-0.15, -0.1) is 0 Å². The normalized spacial score (nSPS) is 10.9. The van der Waals surface area contributed by atoms with E-state index in [1.165, 1.54) is 5.56 Å². The van der Waals surface area contributed by atoms with Crippen LogP contribution in [0.3, 0.4) is 0 Å². The van der Waals surface area contributed by atoms with Crippen LogP contribution in [0.15, 0.2) is 83.8 Å². The third-order valence-electron chi connectivity index (χ3n) is 4.98. The van der Waals surface area contributed by atoms with Gasteiger partial charge in [0, 0.05) is 23.7 Å². The molecule has 138 valence electrons. The quantitative estimate of drug-likeness (QED) is 0.481. The Kier molecular flexibility index (Phi) is 4.66. The molecule has 0 spiro atoms. The van der Waals surface area contributed by atoms with Gasteiger partial charge in [-0.2, -0.15) is 0 Å². The molecular weight excluding hydrogens is 346 g/mol. The number of nitrogens with zero attached hydrogens (tertiary/aromatic N) is 1. The Bertz CT molecular complexity index is 1230. The third-order valence-corrected chi connectivity index (χ3v) is 4.98. The van der Waals surface area contributed by atoms with Crippen LogP contribution >= 0.6 is 0 Å². The maximum atomic E-state index is 13.1. The van der Waals surface area contributed by atoms with E-state index in [1.54, 1.807) is 24.4 Å². The average Bonchev–Trinajstić information content (AvgIpc) is 2.70. The van der Waals surface area contributed by atoms with Crippen LogP contribution in [0.25, 0.3) is 10.9 Å². The number of pyridine rings is 1. The fraction of sp³-hybridized carbons (Fsp3) is 0.120. The van der Waals surface area contributed by atoms with Crippen molar-refractivity contribution in [3.8, 4) is 0 Å². The summed E-state index contributed by atoms with van der Waals surface area (Å²) in [6.07, 6.45) is 1.70. The predicted molar refractivity (Wildman–Crippen MR) is 113 cm³/mol. The molecule has 0 N–H and O–H groups in total. The SMILES string of the molecule is Cc1ccc(C(=O)c2cn(Cc3cccc(C)c3)c3ccccc3c2=O)cc1. The number of rotatable bonds is 4. The summed E-state index contributed by atoms with van der Waals surface area (Å²) in [6, 6.07) is 23.0. The van der Waals surface area contributed by atoms with Crippen LogP contribution in [0.2, 0.25) is 0 Å². The van der Waals surface area contributed by atoms with Crippen molar-refractivity contribution < 1.29 is 4.79 Å². The Morgan fingerprint density at radius 1 is 0.857 bits per heavy atom. The fourth-order valence-electron chi connectivity index (χ4n) is 3.51. The molecule has 1 aromatic heterocycles. The molecule has 0 aliphatic carbocycles. The van der Waals surface area contributed by atoms with Crippen LogP contribution in [0.1, 0.15) is 32.6 Å². The van der Waals surface area contributed by atoms with Crippen LogP contribution in [0.4, 0.5) is 0 Å². The molecule has 0 saturated heterocycles. The zero-order chi connectivity index (χ0) is 19.7. The molecule has 28 heavy (non-hydrogen) atoms. The summed E-state index contributed by atoms with van der Waals surface area (Å²) in [4.78, 5) is 26.1. The van der Waals surface area contributed by atoms with Crippen molar-refractivity contribution in [1.29, 1.82) is 0 Å². The molecule has 3 nitrogen and oxygen atoms in total. The highest BCUT2D eigenvalue weighted by Gasteiger charge is 2.17. The lowest BCUT2D eigenvalue weighted by molar-refractivity contribution is 0.103. The van der Waals surface area contributed by atoms with E-state index in [-0.39, 0.29) is 16.8 Å². The number of benzene rings is 3. The minimum absolute atomic E-state index is 0.204. The van der Waals surface area contributed by atoms with E-state index < -0.39 is 0 Å². The van der Waals surface area contributed by atoms with Crippen molar-refractivity contribution in [3.63, 3.8) is 0 Å². The largest absolute Gasteiger partial charge is 0.342 e. The summed E-state index contributed by atoms with van der Waals surface area (Å²) < 4.78 is 1.99. The van der Waals surface area contributed by atoms with Gasteiger partial charge in [0.15, 0.2) is 5.78 Å². The zero-order valence-corrected chi connectivity index (χ0v) is 16.0. The van der Waals surface area contributed by atoms with Crippen molar-refractivity contribution in [3.05, 3.63) is 117 Å². The smallest absolute Gasteiger partial charge is 0.200 e. The predicted octanol–water partition coefficient (Wildman–Crippen LogP) is 4.90. The molecule has 0 atom stereocenters. The van der Waals surface area contributed by atoms with Crippen LogP contribution in [0, 0.1) is 13.8 Å². The summed E-state index contributed by atoms with van der Waals surface area (Å²) in [7, 11) is 0. The summed E-state index contributed by atoms with van der Waals surface area (Å²) in [5.41, 5.74) is 4.72. The molecule has 3 heteroatoms. The van der Waals surface area contributed by atoms with E-state index in [0.29, 0.717) is 17.5 Å². The maximum absolute atomic E-state index is 13.1. The van der Waals surface area contributed by atoms with E-state index >= 15 is 0 Å². The molecule has 0 fully saturated rings. The molecule has 3 aromatic carbocycles. The summed E-state index contributed by atoms with van der Waals surface area (Å²) in [5.74, 6) is -0.242. The van der Waals surface area contributed by atoms with E-state index in [2.05, 4.69) is 25.1 Å². The lowest BCUT2D eigenvalue weighted by Gasteiger charge is -2.14. The van der Waals surface area contributed by atoms with E-state index in [1.807, 2.05) is 47.9 Å². The minimum Gasteiger partial charge on any atom is -0.342 e. The second kappa shape index (κ2) is 7.28. The maximum Gasteiger partial charge on any atom is 0.200 e. The van der Waals surface area contributed by atoms with Gasteiger partial charge in [-0.25, -0.2) is 0 Å². The van der Waals surface area contributed by atoms with Gasteiger partial charge in [0.25, 0.3) is 0 Å². The lowest BCUT2D eigenvalue weighted by Crippen LogP contribution is -2.20. The zero-order valence-electron chi connectivity index (χ0n) is 16.0. The standard InChI is InChI=1S/C25H21NO2/c1-17-10-12-20(13-11-17)24(27)22-16-26(15-19-7-5-6-18(2)14-19)23-9-4-3-8-21(23)25(22)28/h3-14,16H,15H2,1-2H3. The van der Waals surface area contributed by atoms with Crippen molar-refractivity contribution in [1.82, 2.24) is 4.57 Å². The van der Waals surface area contributed by atoms with Crippen molar-refractivity contribution >= 4 is 16.7 Å². The first kappa shape index (κ1) is 17.9. The van der Waals surface area contributed by atoms with E-state index in [9.17, 15) is 9.59 Å². The Labute approximate surface area is 163 Å². The van der Waals surface area contributed by atoms with Gasteiger partial charge in [0.05, 0.1) is 11.1 Å². The molecule has 0 unspecified atom stereocenters. The summed E-state index contributed by atoms with van der Waals surface area (Å²) in [5, 5.41) is 0.563. The summed E-state index contributed by atoms with van der Waals surface area (Å²) in [6.45, 7) is 4.62. The Hall–Kier alpha value is -3.46. The second-order valence-corrected chi connectivity index (χ2v) is 7.20. The van der Waals surface area contributed by atoms with Gasteiger partial charge >= 0.3 is 0 Å².